The summed E-state index contributed by atoms with van der Waals surface area (Å²) in [6.45, 7) is 0. The van der Waals surface area contributed by atoms with E-state index in [1.165, 1.54) is 7.02 Å². The van der Waals surface area contributed by atoms with Crippen molar-refractivity contribution in [2.45, 2.75) is 0 Å². The molecule has 2 heteroatoms. The molecule has 0 amide bonds. The van der Waals surface area contributed by atoms with E-state index >= 15 is 0 Å². The molecule has 0 bridgehead atoms. The Hall–Kier alpha value is -1.72. The molecule has 0 saturated heterocycles. The van der Waals surface area contributed by atoms with Gasteiger partial charge in [0.25, 0.3) is 0 Å². The number of phenolic OH excluding ortho intramolecular Hbond substituents is 1. The second-order valence-corrected chi connectivity index (χ2v) is 10.7. The first kappa shape index (κ1) is 13.3. The number of aromatic hydroxyl groups is 1. The summed E-state index contributed by atoms with van der Waals surface area (Å²) in [6, 6.07) is 28.9. The van der Waals surface area contributed by atoms with Gasteiger partial charge in [-0.1, -0.05) is 0 Å². The van der Waals surface area contributed by atoms with Gasteiger partial charge in [0.05, 0.1) is 0 Å². The van der Waals surface area contributed by atoms with E-state index in [2.05, 4.69) is 54.6 Å². The van der Waals surface area contributed by atoms with Crippen molar-refractivity contribution >= 4 is 30.7 Å². The summed E-state index contributed by atoms with van der Waals surface area (Å²) < 4.78 is 3.85. The van der Waals surface area contributed by atoms with Gasteiger partial charge in [0.15, 0.2) is 0 Å². The van der Waals surface area contributed by atoms with E-state index in [0.717, 1.165) is 3.51 Å². The Morgan fingerprint density at radius 3 is 1.50 bits per heavy atom. The van der Waals surface area contributed by atoms with Crippen LogP contribution in [0.3, 0.4) is 0 Å². The summed E-state index contributed by atoms with van der Waals surface area (Å²) in [5.41, 5.74) is 0. The molecule has 0 atom stereocenters. The molecule has 0 aromatic heterocycles. The summed E-state index contributed by atoms with van der Waals surface area (Å²) in [5, 5.41) is 10.2. The summed E-state index contributed by atoms with van der Waals surface area (Å²) in [7, 11) is 0. The average molecular weight is 369 g/mol. The molecule has 98 valence electrons. The van der Waals surface area contributed by atoms with Gasteiger partial charge in [-0.2, -0.15) is 0 Å². The fourth-order valence-corrected chi connectivity index (χ4v) is 8.90. The zero-order valence-corrected chi connectivity index (χ0v) is 13.5. The van der Waals surface area contributed by atoms with E-state index in [9.17, 15) is 5.11 Å². The van der Waals surface area contributed by atoms with Crippen molar-refractivity contribution in [3.05, 3.63) is 84.9 Å². The molecule has 0 heterocycles. The average Bonchev–Trinajstić information content (AvgIpc) is 2.52. The Morgan fingerprint density at radius 2 is 1.00 bits per heavy atom. The van der Waals surface area contributed by atoms with E-state index in [1.807, 2.05) is 24.3 Å². The zero-order chi connectivity index (χ0) is 13.8. The first-order valence-corrected chi connectivity index (χ1v) is 10.4. The molecular formula is C18H15OSb. The van der Waals surface area contributed by atoms with Crippen molar-refractivity contribution < 1.29 is 5.11 Å². The molecule has 3 rings (SSSR count). The molecular weight excluding hydrogens is 354 g/mol. The predicted molar refractivity (Wildman–Crippen MR) is 85.6 cm³/mol. The van der Waals surface area contributed by atoms with Crippen LogP contribution in [0, 0.1) is 0 Å². The van der Waals surface area contributed by atoms with E-state index < -0.39 is 20.2 Å². The van der Waals surface area contributed by atoms with Gasteiger partial charge in [0.1, 0.15) is 0 Å². The number of phenols is 1. The monoisotopic (exact) mass is 368 g/mol. The summed E-state index contributed by atoms with van der Waals surface area (Å²) in [4.78, 5) is 0. The van der Waals surface area contributed by atoms with Gasteiger partial charge in [-0.3, -0.25) is 0 Å². The van der Waals surface area contributed by atoms with Crippen molar-refractivity contribution in [3.63, 3.8) is 0 Å². The quantitative estimate of drug-likeness (QED) is 0.700. The molecule has 0 radical (unpaired) electrons. The second kappa shape index (κ2) is 6.15. The third kappa shape index (κ3) is 2.73. The number of benzene rings is 3. The van der Waals surface area contributed by atoms with Crippen LogP contribution in [-0.4, -0.2) is 25.3 Å². The Morgan fingerprint density at radius 1 is 0.550 bits per heavy atom. The van der Waals surface area contributed by atoms with Crippen LogP contribution in [0.15, 0.2) is 84.9 Å². The fraction of sp³-hybridized carbons (Fsp3) is 0. The normalized spacial score (nSPS) is 10.7. The molecule has 20 heavy (non-hydrogen) atoms. The van der Waals surface area contributed by atoms with Crippen molar-refractivity contribution in [1.82, 2.24) is 0 Å². The van der Waals surface area contributed by atoms with Crippen LogP contribution in [0.1, 0.15) is 0 Å². The molecule has 3 aromatic rings. The van der Waals surface area contributed by atoms with Crippen LogP contribution < -0.4 is 10.5 Å². The Bertz CT molecular complexity index is 641. The van der Waals surface area contributed by atoms with Gasteiger partial charge in [-0.15, -0.1) is 0 Å². The van der Waals surface area contributed by atoms with E-state index in [0.29, 0.717) is 5.75 Å². The number of hydrogen-bond donors (Lipinski definition) is 1. The summed E-state index contributed by atoms with van der Waals surface area (Å²) in [5.74, 6) is 0.420. The van der Waals surface area contributed by atoms with Crippen LogP contribution in [0.25, 0.3) is 0 Å². The molecule has 1 nitrogen and oxygen atoms in total. The van der Waals surface area contributed by atoms with Gasteiger partial charge in [0, 0.05) is 0 Å². The molecule has 0 fully saturated rings. The Labute approximate surface area is 126 Å². The minimum atomic E-state index is -2.13. The van der Waals surface area contributed by atoms with Crippen molar-refractivity contribution in [2.24, 2.45) is 0 Å². The Balaban J connectivity index is 2.17. The number of para-hydroxylation sites is 1. The van der Waals surface area contributed by atoms with Crippen molar-refractivity contribution in [3.8, 4) is 5.75 Å². The van der Waals surface area contributed by atoms with Crippen LogP contribution in [0.2, 0.25) is 0 Å². The summed E-state index contributed by atoms with van der Waals surface area (Å²) in [6.07, 6.45) is 0. The van der Waals surface area contributed by atoms with E-state index in [1.54, 1.807) is 6.07 Å². The molecule has 0 aliphatic carbocycles. The van der Waals surface area contributed by atoms with E-state index in [4.69, 9.17) is 0 Å². The van der Waals surface area contributed by atoms with Gasteiger partial charge >= 0.3 is 127 Å². The van der Waals surface area contributed by atoms with Gasteiger partial charge in [-0.25, -0.2) is 0 Å². The zero-order valence-electron chi connectivity index (χ0n) is 11.0. The maximum absolute atomic E-state index is 10.2. The SMILES string of the molecule is Oc1cccc[c]1[Sb]([c]1ccccc1)[c]1ccccc1. The molecule has 3 aromatic carbocycles. The Kier molecular flexibility index (Phi) is 4.08. The number of rotatable bonds is 3. The molecule has 0 aliphatic rings. The topological polar surface area (TPSA) is 20.2 Å². The third-order valence-corrected chi connectivity index (χ3v) is 10.3. The molecule has 0 spiro atoms. The van der Waals surface area contributed by atoms with Crippen LogP contribution in [-0.2, 0) is 0 Å². The first-order chi connectivity index (χ1) is 9.86. The summed E-state index contributed by atoms with van der Waals surface area (Å²) >= 11 is -2.13. The molecule has 0 unspecified atom stereocenters. The molecule has 0 saturated carbocycles. The maximum atomic E-state index is 10.2. The van der Waals surface area contributed by atoms with Crippen molar-refractivity contribution in [2.75, 3.05) is 0 Å². The van der Waals surface area contributed by atoms with Crippen molar-refractivity contribution in [1.29, 1.82) is 0 Å². The predicted octanol–water partition coefficient (Wildman–Crippen LogP) is 1.91. The van der Waals surface area contributed by atoms with Gasteiger partial charge < -0.3 is 0 Å². The number of hydrogen-bond acceptors (Lipinski definition) is 1. The van der Waals surface area contributed by atoms with E-state index in [-0.39, 0.29) is 0 Å². The minimum absolute atomic E-state index is 0.420. The first-order valence-electron chi connectivity index (χ1n) is 6.54. The fourth-order valence-electron chi connectivity index (χ4n) is 2.23. The van der Waals surface area contributed by atoms with Crippen LogP contribution >= 0.6 is 0 Å². The van der Waals surface area contributed by atoms with Crippen LogP contribution in [0.4, 0.5) is 0 Å². The van der Waals surface area contributed by atoms with Gasteiger partial charge in [-0.05, 0) is 0 Å². The van der Waals surface area contributed by atoms with Crippen LogP contribution in [0.5, 0.6) is 5.75 Å². The standard InChI is InChI=1S/C6H5O.2C6H5.Sb/c7-6-4-2-1-3-5-6;2*1-2-4-6-5-3-1;/h1-4,7H;2*1-5H;. The molecule has 1 N–H and O–H groups in total. The second-order valence-electron chi connectivity index (χ2n) is 4.50. The third-order valence-electron chi connectivity index (χ3n) is 3.15. The molecule has 0 aliphatic heterocycles. The van der Waals surface area contributed by atoms with Gasteiger partial charge in [0.2, 0.25) is 0 Å².